The molecule has 1 aromatic carbocycles. The summed E-state index contributed by atoms with van der Waals surface area (Å²) < 4.78 is 5.43. The molecule has 2 rings (SSSR count). The number of ether oxygens (including phenoxy) is 1. The number of nitro benzene ring substituents is 1. The van der Waals surface area contributed by atoms with Crippen LogP contribution in [0.1, 0.15) is 48.9 Å². The third-order valence-electron chi connectivity index (χ3n) is 3.54. The lowest BCUT2D eigenvalue weighted by Crippen LogP contribution is -2.18. The van der Waals surface area contributed by atoms with E-state index in [1.54, 1.807) is 0 Å². The van der Waals surface area contributed by atoms with Crippen LogP contribution in [-0.2, 0) is 4.74 Å². The smallest absolute Gasteiger partial charge is 0.340 e. The van der Waals surface area contributed by atoms with E-state index in [2.05, 4.69) is 0 Å². The van der Waals surface area contributed by atoms with Crippen molar-refractivity contribution >= 4 is 17.3 Å². The van der Waals surface area contributed by atoms with Gasteiger partial charge in [0.25, 0.3) is 5.69 Å². The zero-order chi connectivity index (χ0) is 14.5. The summed E-state index contributed by atoms with van der Waals surface area (Å²) in [7, 11) is 0. The zero-order valence-electron chi connectivity index (χ0n) is 11.2. The highest BCUT2D eigenvalue weighted by Gasteiger charge is 2.21. The van der Waals surface area contributed by atoms with E-state index in [9.17, 15) is 14.9 Å². The van der Waals surface area contributed by atoms with Gasteiger partial charge in [-0.1, -0.05) is 12.8 Å². The van der Waals surface area contributed by atoms with Crippen LogP contribution in [-0.4, -0.2) is 17.0 Å². The molecule has 0 aromatic heterocycles. The van der Waals surface area contributed by atoms with Crippen molar-refractivity contribution in [1.29, 1.82) is 0 Å². The standard InChI is InChI=1S/C14H18N2O4/c15-13-8-7-10(16(18)19)9-12(13)14(17)20-11-5-3-1-2-4-6-11/h7-9,11H,1-6,15H2. The van der Waals surface area contributed by atoms with E-state index in [0.29, 0.717) is 0 Å². The van der Waals surface area contributed by atoms with Crippen molar-refractivity contribution in [3.05, 3.63) is 33.9 Å². The van der Waals surface area contributed by atoms with Gasteiger partial charge >= 0.3 is 5.97 Å². The molecule has 0 amide bonds. The second-order valence-corrected chi connectivity index (χ2v) is 5.05. The molecule has 1 aromatic rings. The number of rotatable bonds is 3. The molecule has 0 radical (unpaired) electrons. The van der Waals surface area contributed by atoms with Gasteiger partial charge in [-0.3, -0.25) is 10.1 Å². The number of carbonyl (C=O) groups is 1. The minimum absolute atomic E-state index is 0.0726. The lowest BCUT2D eigenvalue weighted by molar-refractivity contribution is -0.384. The van der Waals surface area contributed by atoms with E-state index in [0.717, 1.165) is 38.5 Å². The van der Waals surface area contributed by atoms with Gasteiger partial charge in [0, 0.05) is 17.8 Å². The maximum Gasteiger partial charge on any atom is 0.340 e. The van der Waals surface area contributed by atoms with Crippen molar-refractivity contribution in [2.24, 2.45) is 0 Å². The predicted molar refractivity (Wildman–Crippen MR) is 74.4 cm³/mol. The minimum atomic E-state index is -0.571. The van der Waals surface area contributed by atoms with Gasteiger partial charge < -0.3 is 10.5 Å². The summed E-state index contributed by atoms with van der Waals surface area (Å²) in [6.45, 7) is 0. The summed E-state index contributed by atoms with van der Waals surface area (Å²) in [5, 5.41) is 10.7. The van der Waals surface area contributed by atoms with Crippen LogP contribution < -0.4 is 5.73 Å². The van der Waals surface area contributed by atoms with E-state index in [-0.39, 0.29) is 23.0 Å². The number of anilines is 1. The first-order valence-corrected chi connectivity index (χ1v) is 6.83. The molecule has 6 nitrogen and oxygen atoms in total. The van der Waals surface area contributed by atoms with Crippen molar-refractivity contribution in [2.75, 3.05) is 5.73 Å². The minimum Gasteiger partial charge on any atom is -0.459 e. The molecule has 1 aliphatic rings. The van der Waals surface area contributed by atoms with Crippen LogP contribution in [0.4, 0.5) is 11.4 Å². The van der Waals surface area contributed by atoms with E-state index in [1.165, 1.54) is 18.2 Å². The van der Waals surface area contributed by atoms with Crippen LogP contribution in [0, 0.1) is 10.1 Å². The van der Waals surface area contributed by atoms with E-state index in [4.69, 9.17) is 10.5 Å². The van der Waals surface area contributed by atoms with Crippen LogP contribution in [0.2, 0.25) is 0 Å². The van der Waals surface area contributed by atoms with Crippen LogP contribution >= 0.6 is 0 Å². The number of esters is 1. The number of non-ortho nitro benzene ring substituents is 1. The van der Waals surface area contributed by atoms with E-state index in [1.807, 2.05) is 0 Å². The molecule has 1 fully saturated rings. The largest absolute Gasteiger partial charge is 0.459 e. The summed E-state index contributed by atoms with van der Waals surface area (Å²) in [4.78, 5) is 22.3. The quantitative estimate of drug-likeness (QED) is 0.301. The van der Waals surface area contributed by atoms with Crippen LogP contribution in [0.5, 0.6) is 0 Å². The van der Waals surface area contributed by atoms with Crippen molar-refractivity contribution < 1.29 is 14.5 Å². The Labute approximate surface area is 117 Å². The Balaban J connectivity index is 2.11. The molecule has 0 saturated heterocycles. The number of nitrogens with zero attached hydrogens (tertiary/aromatic N) is 1. The van der Waals surface area contributed by atoms with Crippen molar-refractivity contribution in [1.82, 2.24) is 0 Å². The van der Waals surface area contributed by atoms with Crippen molar-refractivity contribution in [3.63, 3.8) is 0 Å². The lowest BCUT2D eigenvalue weighted by atomic mass is 10.1. The van der Waals surface area contributed by atoms with Gasteiger partial charge in [0.05, 0.1) is 10.5 Å². The summed E-state index contributed by atoms with van der Waals surface area (Å²) in [6.07, 6.45) is 6.00. The summed E-state index contributed by atoms with van der Waals surface area (Å²) in [5.41, 5.74) is 5.82. The molecule has 0 atom stereocenters. The van der Waals surface area contributed by atoms with Gasteiger partial charge in [-0.2, -0.15) is 0 Å². The average molecular weight is 278 g/mol. The maximum atomic E-state index is 12.1. The Morgan fingerprint density at radius 1 is 1.25 bits per heavy atom. The molecule has 0 unspecified atom stereocenters. The highest BCUT2D eigenvalue weighted by Crippen LogP contribution is 2.24. The number of hydrogen-bond donors (Lipinski definition) is 1. The average Bonchev–Trinajstić information content (AvgIpc) is 2.67. The van der Waals surface area contributed by atoms with E-state index >= 15 is 0 Å². The molecule has 0 spiro atoms. The SMILES string of the molecule is Nc1ccc([N+](=O)[O-])cc1C(=O)OC1CCCCCC1. The van der Waals surface area contributed by atoms with Crippen LogP contribution in [0.3, 0.4) is 0 Å². The van der Waals surface area contributed by atoms with Gasteiger partial charge in [0.2, 0.25) is 0 Å². The topological polar surface area (TPSA) is 95.5 Å². The number of nitrogen functional groups attached to an aromatic ring is 1. The first kappa shape index (κ1) is 14.3. The third-order valence-corrected chi connectivity index (χ3v) is 3.54. The summed E-state index contributed by atoms with van der Waals surface area (Å²) in [5.74, 6) is -0.571. The van der Waals surface area contributed by atoms with Gasteiger partial charge in [0.1, 0.15) is 6.10 Å². The normalized spacial score (nSPS) is 16.4. The molecule has 2 N–H and O–H groups in total. The number of hydrogen-bond acceptors (Lipinski definition) is 5. The lowest BCUT2D eigenvalue weighted by Gasteiger charge is -2.16. The molecule has 0 heterocycles. The van der Waals surface area contributed by atoms with Gasteiger partial charge in [-0.05, 0) is 31.7 Å². The maximum absolute atomic E-state index is 12.1. The Bertz CT molecular complexity index is 508. The van der Waals surface area contributed by atoms with Gasteiger partial charge in [0.15, 0.2) is 0 Å². The number of nitrogens with two attached hydrogens (primary N) is 1. The van der Waals surface area contributed by atoms with Gasteiger partial charge in [-0.25, -0.2) is 4.79 Å². The molecular formula is C14H18N2O4. The molecule has 108 valence electrons. The monoisotopic (exact) mass is 278 g/mol. The van der Waals surface area contributed by atoms with Crippen LogP contribution in [0.25, 0.3) is 0 Å². The number of carbonyl (C=O) groups excluding carboxylic acids is 1. The first-order valence-electron chi connectivity index (χ1n) is 6.83. The second-order valence-electron chi connectivity index (χ2n) is 5.05. The molecular weight excluding hydrogens is 260 g/mol. The second kappa shape index (κ2) is 6.36. The zero-order valence-corrected chi connectivity index (χ0v) is 11.2. The highest BCUT2D eigenvalue weighted by atomic mass is 16.6. The van der Waals surface area contributed by atoms with Gasteiger partial charge in [-0.15, -0.1) is 0 Å². The predicted octanol–water partition coefficient (Wildman–Crippen LogP) is 3.06. The fourth-order valence-corrected chi connectivity index (χ4v) is 2.41. The fourth-order valence-electron chi connectivity index (χ4n) is 2.41. The summed E-state index contributed by atoms with van der Waals surface area (Å²) >= 11 is 0. The van der Waals surface area contributed by atoms with Crippen molar-refractivity contribution in [3.8, 4) is 0 Å². The third kappa shape index (κ3) is 3.46. The molecule has 0 bridgehead atoms. The number of nitro groups is 1. The number of benzene rings is 1. The molecule has 6 heteroatoms. The summed E-state index contributed by atoms with van der Waals surface area (Å²) in [6, 6.07) is 3.81. The first-order chi connectivity index (χ1) is 9.58. The molecule has 0 aliphatic heterocycles. The Morgan fingerprint density at radius 3 is 2.50 bits per heavy atom. The Morgan fingerprint density at radius 2 is 1.90 bits per heavy atom. The Kier molecular flexibility index (Phi) is 4.55. The van der Waals surface area contributed by atoms with Crippen molar-refractivity contribution in [2.45, 2.75) is 44.6 Å². The fraction of sp³-hybridized carbons (Fsp3) is 0.500. The van der Waals surface area contributed by atoms with E-state index < -0.39 is 10.9 Å². The Hall–Kier alpha value is -2.11. The molecule has 1 aliphatic carbocycles. The molecule has 1 saturated carbocycles. The van der Waals surface area contributed by atoms with Crippen LogP contribution in [0.15, 0.2) is 18.2 Å². The molecule has 20 heavy (non-hydrogen) atoms. The highest BCUT2D eigenvalue weighted by molar-refractivity contribution is 5.95.